The Morgan fingerprint density at radius 1 is 1.42 bits per heavy atom. The van der Waals surface area contributed by atoms with E-state index in [-0.39, 0.29) is 0 Å². The van der Waals surface area contributed by atoms with Crippen LogP contribution >= 0.6 is 11.8 Å². The van der Waals surface area contributed by atoms with Crippen molar-refractivity contribution in [2.45, 2.75) is 16.2 Å². The summed E-state index contributed by atoms with van der Waals surface area (Å²) in [5.41, 5.74) is 0. The van der Waals surface area contributed by atoms with Crippen molar-refractivity contribution in [3.05, 3.63) is 24.3 Å². The zero-order valence-corrected chi connectivity index (χ0v) is 12.9. The molecule has 0 spiro atoms. The highest BCUT2D eigenvalue weighted by Crippen LogP contribution is 2.30. The molecule has 1 atom stereocenters. The lowest BCUT2D eigenvalue weighted by atomic mass is 10.1. The molecule has 0 amide bonds. The molecule has 1 heterocycles. The molecule has 0 saturated carbocycles. The van der Waals surface area contributed by atoms with Crippen LogP contribution in [0.2, 0.25) is 0 Å². The third-order valence-corrected chi connectivity index (χ3v) is 6.28. The largest absolute Gasteiger partial charge is 0.319 e. The number of hydrogen-bond acceptors (Lipinski definition) is 4. The molecule has 1 aliphatic heterocycles. The highest BCUT2D eigenvalue weighted by Gasteiger charge is 2.33. The zero-order valence-electron chi connectivity index (χ0n) is 11.3. The van der Waals surface area contributed by atoms with Crippen molar-refractivity contribution >= 4 is 21.8 Å². The van der Waals surface area contributed by atoms with Gasteiger partial charge in [0.2, 0.25) is 10.0 Å². The second-order valence-electron chi connectivity index (χ2n) is 4.73. The van der Waals surface area contributed by atoms with Crippen LogP contribution in [0, 0.1) is 5.92 Å². The third kappa shape index (κ3) is 3.13. The minimum Gasteiger partial charge on any atom is -0.319 e. The molecule has 1 aliphatic rings. The van der Waals surface area contributed by atoms with Crippen LogP contribution in [0.4, 0.5) is 0 Å². The van der Waals surface area contributed by atoms with E-state index in [2.05, 4.69) is 5.32 Å². The molecule has 0 radical (unpaired) electrons. The van der Waals surface area contributed by atoms with Crippen LogP contribution < -0.4 is 5.32 Å². The normalized spacial score (nSPS) is 20.8. The fourth-order valence-corrected chi connectivity index (χ4v) is 5.10. The van der Waals surface area contributed by atoms with Crippen molar-refractivity contribution in [1.29, 1.82) is 0 Å². The van der Waals surface area contributed by atoms with Gasteiger partial charge >= 0.3 is 0 Å². The molecule has 1 fully saturated rings. The molecule has 19 heavy (non-hydrogen) atoms. The average molecular weight is 300 g/mol. The van der Waals surface area contributed by atoms with Gasteiger partial charge in [-0.2, -0.15) is 4.31 Å². The predicted molar refractivity (Wildman–Crippen MR) is 79.0 cm³/mol. The van der Waals surface area contributed by atoms with Gasteiger partial charge in [-0.25, -0.2) is 8.42 Å². The summed E-state index contributed by atoms with van der Waals surface area (Å²) in [6, 6.07) is 7.22. The van der Waals surface area contributed by atoms with Crippen LogP contribution in [0.15, 0.2) is 34.1 Å². The van der Waals surface area contributed by atoms with E-state index >= 15 is 0 Å². The molecular formula is C13H20N2O2S2. The van der Waals surface area contributed by atoms with Crippen molar-refractivity contribution in [1.82, 2.24) is 9.62 Å². The number of nitrogens with zero attached hydrogens (tertiary/aromatic N) is 1. The molecule has 0 bridgehead atoms. The van der Waals surface area contributed by atoms with Gasteiger partial charge in [-0.05, 0) is 44.3 Å². The smallest absolute Gasteiger partial charge is 0.244 e. The van der Waals surface area contributed by atoms with Crippen LogP contribution in [-0.2, 0) is 10.0 Å². The molecule has 1 unspecified atom stereocenters. The summed E-state index contributed by atoms with van der Waals surface area (Å²) >= 11 is 1.47. The molecule has 1 aromatic rings. The first kappa shape index (κ1) is 14.8. The highest BCUT2D eigenvalue weighted by molar-refractivity contribution is 7.99. The van der Waals surface area contributed by atoms with Gasteiger partial charge in [0.05, 0.1) is 4.90 Å². The summed E-state index contributed by atoms with van der Waals surface area (Å²) in [6.07, 6.45) is 2.84. The SMILES string of the molecule is CNCC1CCN(S(=O)(=O)c2ccccc2SC)C1. The quantitative estimate of drug-likeness (QED) is 0.840. The third-order valence-electron chi connectivity index (χ3n) is 3.43. The molecule has 0 aromatic heterocycles. The van der Waals surface area contributed by atoms with Crippen molar-refractivity contribution in [2.24, 2.45) is 5.92 Å². The number of benzene rings is 1. The average Bonchev–Trinajstić information content (AvgIpc) is 2.88. The van der Waals surface area contributed by atoms with Gasteiger partial charge in [0.15, 0.2) is 0 Å². The number of sulfonamides is 1. The molecule has 1 saturated heterocycles. The molecule has 1 aromatic carbocycles. The van der Waals surface area contributed by atoms with Gasteiger partial charge in [0.25, 0.3) is 0 Å². The van der Waals surface area contributed by atoms with E-state index in [1.54, 1.807) is 16.4 Å². The van der Waals surface area contributed by atoms with Gasteiger partial charge < -0.3 is 5.32 Å². The summed E-state index contributed by atoms with van der Waals surface area (Å²) in [5.74, 6) is 0.418. The molecule has 4 nitrogen and oxygen atoms in total. The maximum atomic E-state index is 12.7. The predicted octanol–water partition coefficient (Wildman–Crippen LogP) is 1.64. The summed E-state index contributed by atoms with van der Waals surface area (Å²) in [6.45, 7) is 2.11. The number of rotatable bonds is 5. The monoisotopic (exact) mass is 300 g/mol. The minimum absolute atomic E-state index is 0.418. The topological polar surface area (TPSA) is 49.4 Å². The van der Waals surface area contributed by atoms with Crippen molar-refractivity contribution in [3.63, 3.8) is 0 Å². The first-order valence-corrected chi connectivity index (χ1v) is 9.04. The molecule has 2 rings (SSSR count). The second-order valence-corrected chi connectivity index (χ2v) is 7.48. The molecule has 0 aliphatic carbocycles. The van der Waals surface area contributed by atoms with E-state index in [1.165, 1.54) is 11.8 Å². The van der Waals surface area contributed by atoms with Gasteiger partial charge in [-0.1, -0.05) is 12.1 Å². The molecular weight excluding hydrogens is 280 g/mol. The summed E-state index contributed by atoms with van der Waals surface area (Å²) < 4.78 is 26.9. The van der Waals surface area contributed by atoms with Gasteiger partial charge in [-0.3, -0.25) is 0 Å². The van der Waals surface area contributed by atoms with E-state index in [1.807, 2.05) is 25.4 Å². The van der Waals surface area contributed by atoms with E-state index in [4.69, 9.17) is 0 Å². The number of thioether (sulfide) groups is 1. The summed E-state index contributed by atoms with van der Waals surface area (Å²) in [4.78, 5) is 1.26. The fraction of sp³-hybridized carbons (Fsp3) is 0.538. The fourth-order valence-electron chi connectivity index (χ4n) is 2.44. The summed E-state index contributed by atoms with van der Waals surface area (Å²) in [5, 5.41) is 3.12. The lowest BCUT2D eigenvalue weighted by Crippen LogP contribution is -2.30. The van der Waals surface area contributed by atoms with Crippen molar-refractivity contribution in [3.8, 4) is 0 Å². The van der Waals surface area contributed by atoms with E-state index < -0.39 is 10.0 Å². The minimum atomic E-state index is -3.35. The Bertz CT molecular complexity index is 531. The Morgan fingerprint density at radius 2 is 2.16 bits per heavy atom. The Morgan fingerprint density at radius 3 is 2.84 bits per heavy atom. The van der Waals surface area contributed by atoms with E-state index in [9.17, 15) is 8.42 Å². The Kier molecular flexibility index (Phi) is 4.89. The first-order valence-electron chi connectivity index (χ1n) is 6.37. The van der Waals surface area contributed by atoms with Gasteiger partial charge in [-0.15, -0.1) is 11.8 Å². The van der Waals surface area contributed by atoms with Crippen LogP contribution in [0.3, 0.4) is 0 Å². The van der Waals surface area contributed by atoms with E-state index in [0.29, 0.717) is 23.9 Å². The number of nitrogens with one attached hydrogen (secondary N) is 1. The Balaban J connectivity index is 2.24. The number of hydrogen-bond donors (Lipinski definition) is 1. The van der Waals surface area contributed by atoms with E-state index in [0.717, 1.165) is 17.9 Å². The second kappa shape index (κ2) is 6.26. The molecule has 106 valence electrons. The molecule has 1 N–H and O–H groups in total. The Hall–Kier alpha value is -0.560. The van der Waals surface area contributed by atoms with Crippen molar-refractivity contribution < 1.29 is 8.42 Å². The van der Waals surface area contributed by atoms with Gasteiger partial charge in [0, 0.05) is 18.0 Å². The summed E-state index contributed by atoms with van der Waals surface area (Å²) in [7, 11) is -1.45. The van der Waals surface area contributed by atoms with Gasteiger partial charge in [0.1, 0.15) is 0 Å². The first-order chi connectivity index (χ1) is 9.09. The Labute approximate surface area is 119 Å². The highest BCUT2D eigenvalue weighted by atomic mass is 32.2. The van der Waals surface area contributed by atoms with Crippen LogP contribution in [0.25, 0.3) is 0 Å². The maximum Gasteiger partial charge on any atom is 0.244 e. The molecule has 6 heteroatoms. The maximum absolute atomic E-state index is 12.7. The lowest BCUT2D eigenvalue weighted by Gasteiger charge is -2.18. The van der Waals surface area contributed by atoms with Crippen molar-refractivity contribution in [2.75, 3.05) is 32.9 Å². The van der Waals surface area contributed by atoms with Crippen LogP contribution in [0.1, 0.15) is 6.42 Å². The van der Waals surface area contributed by atoms with Crippen LogP contribution in [0.5, 0.6) is 0 Å². The zero-order chi connectivity index (χ0) is 13.9. The lowest BCUT2D eigenvalue weighted by molar-refractivity contribution is 0.450. The van der Waals surface area contributed by atoms with Crippen LogP contribution in [-0.4, -0.2) is 45.7 Å². The standard InChI is InChI=1S/C13H20N2O2S2/c1-14-9-11-7-8-15(10-11)19(16,17)13-6-4-3-5-12(13)18-2/h3-6,11,14H,7-10H2,1-2H3.